The molecule has 1 unspecified atom stereocenters. The van der Waals surface area contributed by atoms with E-state index in [4.69, 9.17) is 4.99 Å². The molecule has 3 N–H and O–H groups in total. The Hall–Kier alpha value is -2.01. The Kier molecular flexibility index (Phi) is 6.56. The number of para-hydroxylation sites is 1. The number of rotatable bonds is 6. The molecule has 2 heterocycles. The number of guanidine groups is 1. The number of piperidine rings is 1. The first-order chi connectivity index (χ1) is 12.7. The van der Waals surface area contributed by atoms with Crippen LogP contribution >= 0.6 is 0 Å². The first kappa shape index (κ1) is 18.8. The van der Waals surface area contributed by atoms with Gasteiger partial charge in [-0.3, -0.25) is 4.99 Å². The number of benzene rings is 1. The predicted octanol–water partition coefficient (Wildman–Crippen LogP) is 2.92. The van der Waals surface area contributed by atoms with Crippen LogP contribution in [0.2, 0.25) is 0 Å². The Morgan fingerprint density at radius 2 is 2.23 bits per heavy atom. The number of fused-ring (bicyclic) bond motifs is 1. The Balaban J connectivity index is 1.54. The number of hydrogen-bond donors (Lipinski definition) is 3. The summed E-state index contributed by atoms with van der Waals surface area (Å²) in [5.74, 6) is 1.62. The number of likely N-dealkylation sites (tertiary alicyclic amines) is 1. The molecule has 0 aliphatic carbocycles. The molecule has 5 heteroatoms. The van der Waals surface area contributed by atoms with Gasteiger partial charge >= 0.3 is 0 Å². The molecule has 0 saturated carbocycles. The number of aliphatic imine (C=N–C) groups is 1. The summed E-state index contributed by atoms with van der Waals surface area (Å²) in [6.07, 6.45) is 5.71. The van der Waals surface area contributed by atoms with Crippen molar-refractivity contribution < 1.29 is 0 Å². The Bertz CT molecular complexity index is 733. The van der Waals surface area contributed by atoms with Crippen molar-refractivity contribution in [2.75, 3.05) is 39.8 Å². The fourth-order valence-corrected chi connectivity index (χ4v) is 3.87. The van der Waals surface area contributed by atoms with E-state index in [0.29, 0.717) is 5.92 Å². The van der Waals surface area contributed by atoms with Crippen LogP contribution in [0.25, 0.3) is 10.9 Å². The van der Waals surface area contributed by atoms with Crippen LogP contribution in [0.1, 0.15) is 30.9 Å². The van der Waals surface area contributed by atoms with E-state index >= 15 is 0 Å². The third kappa shape index (κ3) is 4.79. The lowest BCUT2D eigenvalue weighted by atomic mass is 9.99. The molecule has 26 heavy (non-hydrogen) atoms. The average Bonchev–Trinajstić information content (AvgIpc) is 3.04. The minimum atomic E-state index is 0.681. The highest BCUT2D eigenvalue weighted by Gasteiger charge is 2.16. The van der Waals surface area contributed by atoms with E-state index in [1.807, 2.05) is 0 Å². The van der Waals surface area contributed by atoms with Crippen molar-refractivity contribution in [1.29, 1.82) is 0 Å². The highest BCUT2D eigenvalue weighted by atomic mass is 15.2. The van der Waals surface area contributed by atoms with E-state index in [2.05, 4.69) is 65.8 Å². The molecule has 1 atom stereocenters. The van der Waals surface area contributed by atoms with Crippen LogP contribution in [0.3, 0.4) is 0 Å². The minimum Gasteiger partial charge on any atom is -0.361 e. The van der Waals surface area contributed by atoms with Crippen LogP contribution < -0.4 is 10.6 Å². The molecule has 0 radical (unpaired) electrons. The van der Waals surface area contributed by atoms with E-state index < -0.39 is 0 Å². The molecule has 1 aromatic carbocycles. The van der Waals surface area contributed by atoms with Gasteiger partial charge in [0, 0.05) is 43.3 Å². The SMILES string of the molecule is CCNC(=NCC1CCCN(C)C1)NCCc1c[nH]c2c(C)cccc12. The van der Waals surface area contributed by atoms with Crippen LogP contribution in [0.15, 0.2) is 29.4 Å². The second-order valence-corrected chi connectivity index (χ2v) is 7.48. The maximum atomic E-state index is 4.83. The van der Waals surface area contributed by atoms with Gasteiger partial charge in [0.05, 0.1) is 0 Å². The van der Waals surface area contributed by atoms with Gasteiger partial charge in [0.1, 0.15) is 0 Å². The summed E-state index contributed by atoms with van der Waals surface area (Å²) in [6, 6.07) is 6.49. The molecule has 3 rings (SSSR count). The highest BCUT2D eigenvalue weighted by molar-refractivity contribution is 5.86. The topological polar surface area (TPSA) is 55.5 Å². The summed E-state index contributed by atoms with van der Waals surface area (Å²) in [5, 5.41) is 8.21. The lowest BCUT2D eigenvalue weighted by Crippen LogP contribution is -2.39. The van der Waals surface area contributed by atoms with Gasteiger partial charge < -0.3 is 20.5 Å². The van der Waals surface area contributed by atoms with Gasteiger partial charge in [0.15, 0.2) is 5.96 Å². The third-order valence-corrected chi connectivity index (χ3v) is 5.27. The van der Waals surface area contributed by atoms with Crippen molar-refractivity contribution in [3.63, 3.8) is 0 Å². The fraction of sp³-hybridized carbons (Fsp3) is 0.571. The van der Waals surface area contributed by atoms with Gasteiger partial charge in [-0.25, -0.2) is 0 Å². The number of aromatic amines is 1. The number of hydrogen-bond acceptors (Lipinski definition) is 2. The number of nitrogens with zero attached hydrogens (tertiary/aromatic N) is 2. The van der Waals surface area contributed by atoms with E-state index in [1.165, 1.54) is 41.4 Å². The van der Waals surface area contributed by atoms with Gasteiger partial charge in [0.2, 0.25) is 0 Å². The van der Waals surface area contributed by atoms with E-state index in [0.717, 1.165) is 38.6 Å². The minimum absolute atomic E-state index is 0.681. The van der Waals surface area contributed by atoms with Gasteiger partial charge in [-0.1, -0.05) is 18.2 Å². The summed E-state index contributed by atoms with van der Waals surface area (Å²) in [5.41, 5.74) is 3.92. The lowest BCUT2D eigenvalue weighted by Gasteiger charge is -2.28. The number of aromatic nitrogens is 1. The zero-order chi connectivity index (χ0) is 18.4. The molecule has 1 aliphatic heterocycles. The number of H-pyrrole nitrogens is 1. The van der Waals surface area contributed by atoms with Crippen LogP contribution in [-0.4, -0.2) is 55.6 Å². The standard InChI is InChI=1S/C21H33N5/c1-4-22-21(25-13-17-8-6-12-26(3)15-17)23-11-10-18-14-24-20-16(2)7-5-9-19(18)20/h5,7,9,14,17,24H,4,6,8,10-13,15H2,1-3H3,(H2,22,23,25). The average molecular weight is 356 g/mol. The van der Waals surface area contributed by atoms with E-state index in [9.17, 15) is 0 Å². The number of nitrogens with one attached hydrogen (secondary N) is 3. The normalized spacial score (nSPS) is 19.0. The van der Waals surface area contributed by atoms with Crippen molar-refractivity contribution in [2.24, 2.45) is 10.9 Å². The zero-order valence-electron chi connectivity index (χ0n) is 16.4. The summed E-state index contributed by atoms with van der Waals surface area (Å²) < 4.78 is 0. The zero-order valence-corrected chi connectivity index (χ0v) is 16.4. The Morgan fingerprint density at radius 3 is 3.04 bits per heavy atom. The van der Waals surface area contributed by atoms with E-state index in [1.54, 1.807) is 0 Å². The van der Waals surface area contributed by atoms with Crippen molar-refractivity contribution >= 4 is 16.9 Å². The summed E-state index contributed by atoms with van der Waals surface area (Å²) >= 11 is 0. The second kappa shape index (κ2) is 9.08. The molecule has 2 aromatic rings. The summed E-state index contributed by atoms with van der Waals surface area (Å²) in [7, 11) is 2.21. The van der Waals surface area contributed by atoms with Crippen LogP contribution in [0.4, 0.5) is 0 Å². The van der Waals surface area contributed by atoms with Gasteiger partial charge in [0.25, 0.3) is 0 Å². The van der Waals surface area contributed by atoms with Crippen LogP contribution in [0.5, 0.6) is 0 Å². The molecule has 0 bridgehead atoms. The maximum absolute atomic E-state index is 4.83. The third-order valence-electron chi connectivity index (χ3n) is 5.27. The molecular formula is C21H33N5. The van der Waals surface area contributed by atoms with Crippen molar-refractivity contribution in [2.45, 2.75) is 33.1 Å². The molecule has 1 aliphatic rings. The number of aryl methyl sites for hydroxylation is 1. The molecule has 1 aromatic heterocycles. The summed E-state index contributed by atoms with van der Waals surface area (Å²) in [6.45, 7) is 9.35. The first-order valence-electron chi connectivity index (χ1n) is 9.93. The molecule has 0 amide bonds. The van der Waals surface area contributed by atoms with Crippen molar-refractivity contribution in [1.82, 2.24) is 20.5 Å². The molecular weight excluding hydrogens is 322 g/mol. The highest BCUT2D eigenvalue weighted by Crippen LogP contribution is 2.21. The Labute approximate surface area is 157 Å². The fourth-order valence-electron chi connectivity index (χ4n) is 3.87. The second-order valence-electron chi connectivity index (χ2n) is 7.48. The van der Waals surface area contributed by atoms with Crippen molar-refractivity contribution in [3.8, 4) is 0 Å². The van der Waals surface area contributed by atoms with Gasteiger partial charge in [-0.05, 0) is 63.7 Å². The quantitative estimate of drug-likeness (QED) is 0.552. The van der Waals surface area contributed by atoms with Crippen LogP contribution in [0, 0.1) is 12.8 Å². The van der Waals surface area contributed by atoms with E-state index in [-0.39, 0.29) is 0 Å². The van der Waals surface area contributed by atoms with Crippen molar-refractivity contribution in [3.05, 3.63) is 35.5 Å². The lowest BCUT2D eigenvalue weighted by molar-refractivity contribution is 0.214. The predicted molar refractivity (Wildman–Crippen MR) is 111 cm³/mol. The first-order valence-corrected chi connectivity index (χ1v) is 9.93. The molecule has 1 fully saturated rings. The molecule has 5 nitrogen and oxygen atoms in total. The molecule has 0 spiro atoms. The summed E-state index contributed by atoms with van der Waals surface area (Å²) in [4.78, 5) is 10.7. The smallest absolute Gasteiger partial charge is 0.191 e. The van der Waals surface area contributed by atoms with Crippen LogP contribution in [-0.2, 0) is 6.42 Å². The monoisotopic (exact) mass is 355 g/mol. The maximum Gasteiger partial charge on any atom is 0.191 e. The van der Waals surface area contributed by atoms with Gasteiger partial charge in [-0.2, -0.15) is 0 Å². The largest absolute Gasteiger partial charge is 0.361 e. The van der Waals surface area contributed by atoms with Gasteiger partial charge in [-0.15, -0.1) is 0 Å². The molecule has 1 saturated heterocycles. The molecule has 142 valence electrons. The Morgan fingerprint density at radius 1 is 1.35 bits per heavy atom.